The molecule has 1 aromatic carbocycles. The van der Waals surface area contributed by atoms with Crippen molar-refractivity contribution in [2.45, 2.75) is 31.2 Å². The Morgan fingerprint density at radius 3 is 2.68 bits per heavy atom. The predicted octanol–water partition coefficient (Wildman–Crippen LogP) is 1.92. The van der Waals surface area contributed by atoms with Gasteiger partial charge >= 0.3 is 0 Å². The molecule has 1 spiro atoms. The standard InChI is InChI=1S/C15H18N2O2/c16-10-14-6-7-15(18-8-9-19-15)12-17(14)11-13-4-2-1-3-5-13/h1-5,14H,6-9,11-12H2/t14-/m0/s1. The highest BCUT2D eigenvalue weighted by Crippen LogP contribution is 2.33. The van der Waals surface area contributed by atoms with Gasteiger partial charge in [-0.2, -0.15) is 5.26 Å². The van der Waals surface area contributed by atoms with E-state index >= 15 is 0 Å². The summed E-state index contributed by atoms with van der Waals surface area (Å²) in [4.78, 5) is 2.17. The molecule has 0 aromatic heterocycles. The third-order valence-corrected chi connectivity index (χ3v) is 3.87. The lowest BCUT2D eigenvalue weighted by Gasteiger charge is -2.41. The Labute approximate surface area is 113 Å². The van der Waals surface area contributed by atoms with Crippen molar-refractivity contribution in [3.05, 3.63) is 35.9 Å². The highest BCUT2D eigenvalue weighted by Gasteiger charge is 2.44. The molecule has 0 aliphatic carbocycles. The SMILES string of the molecule is N#C[C@@H]1CCC2(CN1Cc1ccccc1)OCCO2. The number of nitriles is 1. The molecule has 0 radical (unpaired) electrons. The van der Waals surface area contributed by atoms with Crippen LogP contribution in [0.1, 0.15) is 18.4 Å². The van der Waals surface area contributed by atoms with Gasteiger partial charge in [-0.05, 0) is 12.0 Å². The minimum atomic E-state index is -0.470. The second kappa shape index (κ2) is 5.30. The molecule has 2 fully saturated rings. The fraction of sp³-hybridized carbons (Fsp3) is 0.533. The van der Waals surface area contributed by atoms with E-state index in [1.165, 1.54) is 5.56 Å². The summed E-state index contributed by atoms with van der Waals surface area (Å²) < 4.78 is 11.5. The number of hydrogen-bond acceptors (Lipinski definition) is 4. The van der Waals surface area contributed by atoms with E-state index in [-0.39, 0.29) is 6.04 Å². The third-order valence-electron chi connectivity index (χ3n) is 3.87. The molecule has 2 saturated heterocycles. The average molecular weight is 258 g/mol. The molecule has 100 valence electrons. The largest absolute Gasteiger partial charge is 0.346 e. The van der Waals surface area contributed by atoms with E-state index in [0.717, 1.165) is 19.4 Å². The van der Waals surface area contributed by atoms with Gasteiger partial charge in [0.1, 0.15) is 0 Å². The van der Waals surface area contributed by atoms with E-state index in [0.29, 0.717) is 19.8 Å². The first-order chi connectivity index (χ1) is 9.31. The molecule has 19 heavy (non-hydrogen) atoms. The summed E-state index contributed by atoms with van der Waals surface area (Å²) in [6, 6.07) is 12.6. The number of rotatable bonds is 2. The van der Waals surface area contributed by atoms with Crippen molar-refractivity contribution in [1.82, 2.24) is 4.90 Å². The molecular formula is C15H18N2O2. The van der Waals surface area contributed by atoms with Crippen LogP contribution in [0, 0.1) is 11.3 Å². The van der Waals surface area contributed by atoms with Gasteiger partial charge in [-0.1, -0.05) is 30.3 Å². The van der Waals surface area contributed by atoms with Gasteiger partial charge < -0.3 is 9.47 Å². The molecular weight excluding hydrogens is 240 g/mol. The molecule has 1 aromatic rings. The molecule has 0 bridgehead atoms. The van der Waals surface area contributed by atoms with E-state index < -0.39 is 5.79 Å². The van der Waals surface area contributed by atoms with Crippen LogP contribution in [-0.2, 0) is 16.0 Å². The molecule has 3 rings (SSSR count). The smallest absolute Gasteiger partial charge is 0.181 e. The quantitative estimate of drug-likeness (QED) is 0.813. The first kappa shape index (κ1) is 12.6. The zero-order valence-electron chi connectivity index (χ0n) is 10.9. The van der Waals surface area contributed by atoms with Gasteiger partial charge in [0.2, 0.25) is 0 Å². The summed E-state index contributed by atoms with van der Waals surface area (Å²) in [5.41, 5.74) is 1.22. The van der Waals surface area contributed by atoms with E-state index in [2.05, 4.69) is 23.1 Å². The lowest BCUT2D eigenvalue weighted by Crippen LogP contribution is -2.52. The van der Waals surface area contributed by atoms with E-state index in [1.54, 1.807) is 0 Å². The maximum absolute atomic E-state index is 9.30. The van der Waals surface area contributed by atoms with Crippen LogP contribution in [0.5, 0.6) is 0 Å². The van der Waals surface area contributed by atoms with Crippen LogP contribution >= 0.6 is 0 Å². The molecule has 2 aliphatic rings. The minimum absolute atomic E-state index is 0.0429. The van der Waals surface area contributed by atoms with Crippen molar-refractivity contribution in [2.75, 3.05) is 19.8 Å². The van der Waals surface area contributed by atoms with Crippen molar-refractivity contribution in [3.63, 3.8) is 0 Å². The Kier molecular flexibility index (Phi) is 3.52. The van der Waals surface area contributed by atoms with Gasteiger partial charge in [0.05, 0.1) is 31.9 Å². The normalized spacial score (nSPS) is 26.4. The molecule has 0 unspecified atom stereocenters. The summed E-state index contributed by atoms with van der Waals surface area (Å²) in [6.45, 7) is 2.78. The first-order valence-corrected chi connectivity index (χ1v) is 6.77. The number of hydrogen-bond donors (Lipinski definition) is 0. The van der Waals surface area contributed by atoms with Crippen LogP contribution in [0.15, 0.2) is 30.3 Å². The van der Waals surface area contributed by atoms with Crippen molar-refractivity contribution in [1.29, 1.82) is 5.26 Å². The van der Waals surface area contributed by atoms with Gasteiger partial charge in [0, 0.05) is 13.0 Å². The fourth-order valence-corrected chi connectivity index (χ4v) is 2.90. The van der Waals surface area contributed by atoms with Crippen LogP contribution in [0.3, 0.4) is 0 Å². The molecule has 0 N–H and O–H groups in total. The fourth-order valence-electron chi connectivity index (χ4n) is 2.90. The van der Waals surface area contributed by atoms with Gasteiger partial charge in [0.15, 0.2) is 5.79 Å². The lowest BCUT2D eigenvalue weighted by atomic mass is 9.97. The first-order valence-electron chi connectivity index (χ1n) is 6.77. The van der Waals surface area contributed by atoms with Crippen molar-refractivity contribution < 1.29 is 9.47 Å². The molecule has 4 nitrogen and oxygen atoms in total. The molecule has 2 aliphatic heterocycles. The van der Waals surface area contributed by atoms with E-state index in [9.17, 15) is 5.26 Å². The van der Waals surface area contributed by atoms with Crippen LogP contribution in [-0.4, -0.2) is 36.5 Å². The maximum atomic E-state index is 9.30. The van der Waals surface area contributed by atoms with Crippen LogP contribution in [0.2, 0.25) is 0 Å². The summed E-state index contributed by atoms with van der Waals surface area (Å²) in [5, 5.41) is 9.30. The van der Waals surface area contributed by atoms with Crippen molar-refractivity contribution in [2.24, 2.45) is 0 Å². The summed E-state index contributed by atoms with van der Waals surface area (Å²) >= 11 is 0. The predicted molar refractivity (Wildman–Crippen MR) is 70.1 cm³/mol. The van der Waals surface area contributed by atoms with Crippen molar-refractivity contribution >= 4 is 0 Å². The Morgan fingerprint density at radius 1 is 1.26 bits per heavy atom. The van der Waals surface area contributed by atoms with Gasteiger partial charge in [-0.15, -0.1) is 0 Å². The maximum Gasteiger partial charge on any atom is 0.181 e. The Morgan fingerprint density at radius 2 is 2.00 bits per heavy atom. The Hall–Kier alpha value is -1.41. The molecule has 2 heterocycles. The lowest BCUT2D eigenvalue weighted by molar-refractivity contribution is -0.195. The van der Waals surface area contributed by atoms with Gasteiger partial charge in [-0.3, -0.25) is 4.90 Å². The number of ether oxygens (including phenoxy) is 2. The topological polar surface area (TPSA) is 45.5 Å². The number of piperidine rings is 1. The molecule has 1 atom stereocenters. The zero-order valence-corrected chi connectivity index (χ0v) is 10.9. The molecule has 4 heteroatoms. The summed E-state index contributed by atoms with van der Waals surface area (Å²) in [7, 11) is 0. The number of benzene rings is 1. The summed E-state index contributed by atoms with van der Waals surface area (Å²) in [6.07, 6.45) is 1.62. The second-order valence-electron chi connectivity index (χ2n) is 5.18. The minimum Gasteiger partial charge on any atom is -0.346 e. The van der Waals surface area contributed by atoms with Crippen molar-refractivity contribution in [3.8, 4) is 6.07 Å². The highest BCUT2D eigenvalue weighted by molar-refractivity contribution is 5.15. The highest BCUT2D eigenvalue weighted by atomic mass is 16.7. The van der Waals surface area contributed by atoms with E-state index in [4.69, 9.17) is 9.47 Å². The van der Waals surface area contributed by atoms with E-state index in [1.807, 2.05) is 18.2 Å². The Balaban J connectivity index is 1.74. The van der Waals surface area contributed by atoms with Gasteiger partial charge in [0.25, 0.3) is 0 Å². The number of nitrogens with zero attached hydrogens (tertiary/aromatic N) is 2. The summed E-state index contributed by atoms with van der Waals surface area (Å²) in [5.74, 6) is -0.470. The number of likely N-dealkylation sites (tertiary alicyclic amines) is 1. The molecule has 0 amide bonds. The van der Waals surface area contributed by atoms with Crippen LogP contribution < -0.4 is 0 Å². The van der Waals surface area contributed by atoms with Gasteiger partial charge in [-0.25, -0.2) is 0 Å². The monoisotopic (exact) mass is 258 g/mol. The third kappa shape index (κ3) is 2.64. The van der Waals surface area contributed by atoms with Crippen LogP contribution in [0.25, 0.3) is 0 Å². The zero-order chi connectivity index (χ0) is 13.1. The second-order valence-corrected chi connectivity index (χ2v) is 5.18. The average Bonchev–Trinajstić information content (AvgIpc) is 2.88. The molecule has 0 saturated carbocycles. The van der Waals surface area contributed by atoms with Crippen LogP contribution in [0.4, 0.5) is 0 Å². The Bertz CT molecular complexity index is 463.